The van der Waals surface area contributed by atoms with Gasteiger partial charge in [-0.3, -0.25) is 9.69 Å². The van der Waals surface area contributed by atoms with E-state index in [9.17, 15) is 9.59 Å². The molecule has 0 aromatic heterocycles. The van der Waals surface area contributed by atoms with E-state index in [2.05, 4.69) is 0 Å². The van der Waals surface area contributed by atoms with Crippen LogP contribution in [0.25, 0.3) is 0 Å². The van der Waals surface area contributed by atoms with Crippen LogP contribution in [0.15, 0.2) is 42.1 Å². The van der Waals surface area contributed by atoms with Crippen molar-refractivity contribution in [2.75, 3.05) is 5.75 Å². The Morgan fingerprint density at radius 2 is 2.15 bits per heavy atom. The van der Waals surface area contributed by atoms with Crippen LogP contribution in [0.1, 0.15) is 5.56 Å². The highest BCUT2D eigenvalue weighted by atomic mass is 32.2. The van der Waals surface area contributed by atoms with Gasteiger partial charge in [-0.1, -0.05) is 30.3 Å². The lowest BCUT2D eigenvalue weighted by atomic mass is 10.1. The van der Waals surface area contributed by atoms with Crippen molar-refractivity contribution in [3.63, 3.8) is 0 Å². The van der Waals surface area contributed by atoms with E-state index in [4.69, 9.17) is 10.5 Å². The maximum atomic E-state index is 12.1. The second-order valence-corrected chi connectivity index (χ2v) is 5.76. The zero-order valence-electron chi connectivity index (χ0n) is 10.7. The minimum atomic E-state index is -0.509. The molecule has 3 rings (SSSR count). The lowest BCUT2D eigenvalue weighted by Crippen LogP contribution is -2.68. The molecule has 6 heteroatoms. The minimum absolute atomic E-state index is 0.133. The fraction of sp³-hybridized carbons (Fsp3) is 0.286. The van der Waals surface area contributed by atoms with Gasteiger partial charge in [0.05, 0.1) is 0 Å². The molecule has 2 N–H and O–H groups in total. The number of benzene rings is 1. The number of esters is 1. The molecule has 1 saturated heterocycles. The van der Waals surface area contributed by atoms with Crippen molar-refractivity contribution in [1.29, 1.82) is 0 Å². The van der Waals surface area contributed by atoms with Crippen LogP contribution in [0, 0.1) is 0 Å². The van der Waals surface area contributed by atoms with Gasteiger partial charge >= 0.3 is 5.97 Å². The SMILES string of the molecule is N[C@@H]1C(=O)N2C(C(=O)OCc3ccccc3)=CCS[C@H]12. The maximum absolute atomic E-state index is 12.1. The molecule has 104 valence electrons. The number of nitrogens with zero attached hydrogens (tertiary/aromatic N) is 1. The summed E-state index contributed by atoms with van der Waals surface area (Å²) in [6.07, 6.45) is 1.72. The van der Waals surface area contributed by atoms with E-state index in [1.54, 1.807) is 17.8 Å². The first-order valence-electron chi connectivity index (χ1n) is 6.30. The molecule has 1 aromatic rings. The van der Waals surface area contributed by atoms with Crippen LogP contribution >= 0.6 is 11.8 Å². The minimum Gasteiger partial charge on any atom is -0.456 e. The first-order valence-corrected chi connectivity index (χ1v) is 7.35. The van der Waals surface area contributed by atoms with Crippen molar-refractivity contribution >= 4 is 23.6 Å². The number of rotatable bonds is 3. The summed E-state index contributed by atoms with van der Waals surface area (Å²) >= 11 is 1.56. The third-order valence-corrected chi connectivity index (χ3v) is 4.51. The van der Waals surface area contributed by atoms with Crippen LogP contribution in [0.4, 0.5) is 0 Å². The molecule has 0 bridgehead atoms. The normalized spacial score (nSPS) is 24.6. The van der Waals surface area contributed by atoms with Crippen LogP contribution in [-0.2, 0) is 20.9 Å². The summed E-state index contributed by atoms with van der Waals surface area (Å²) in [5.74, 6) is -0.0257. The van der Waals surface area contributed by atoms with Crippen molar-refractivity contribution in [3.05, 3.63) is 47.7 Å². The quantitative estimate of drug-likeness (QED) is 0.660. The Bertz CT molecular complexity index is 573. The van der Waals surface area contributed by atoms with E-state index in [-0.39, 0.29) is 17.9 Å². The number of nitrogens with two attached hydrogens (primary N) is 1. The number of hydrogen-bond donors (Lipinski definition) is 1. The van der Waals surface area contributed by atoms with Crippen LogP contribution in [0.2, 0.25) is 0 Å². The van der Waals surface area contributed by atoms with E-state index in [1.807, 2.05) is 30.3 Å². The predicted octanol–water partition coefficient (Wildman–Crippen LogP) is 0.856. The van der Waals surface area contributed by atoms with Gasteiger partial charge in [0.15, 0.2) is 0 Å². The third-order valence-electron chi connectivity index (χ3n) is 3.31. The van der Waals surface area contributed by atoms with Crippen molar-refractivity contribution < 1.29 is 14.3 Å². The summed E-state index contributed by atoms with van der Waals surface area (Å²) in [4.78, 5) is 25.2. The highest BCUT2D eigenvalue weighted by Gasteiger charge is 2.50. The largest absolute Gasteiger partial charge is 0.456 e. The zero-order valence-corrected chi connectivity index (χ0v) is 11.5. The van der Waals surface area contributed by atoms with E-state index < -0.39 is 12.0 Å². The molecule has 0 saturated carbocycles. The summed E-state index contributed by atoms with van der Waals surface area (Å²) in [7, 11) is 0. The second kappa shape index (κ2) is 5.30. The third kappa shape index (κ3) is 2.21. The van der Waals surface area contributed by atoms with Crippen LogP contribution in [0.5, 0.6) is 0 Å². The van der Waals surface area contributed by atoms with Gasteiger partial charge in [-0.15, -0.1) is 11.8 Å². The van der Waals surface area contributed by atoms with Crippen molar-refractivity contribution in [1.82, 2.24) is 4.90 Å². The molecule has 0 radical (unpaired) electrons. The van der Waals surface area contributed by atoms with Gasteiger partial charge in [0.1, 0.15) is 23.7 Å². The predicted molar refractivity (Wildman–Crippen MR) is 75.4 cm³/mol. The Labute approximate surface area is 120 Å². The van der Waals surface area contributed by atoms with E-state index >= 15 is 0 Å². The smallest absolute Gasteiger partial charge is 0.355 e. The highest BCUT2D eigenvalue weighted by molar-refractivity contribution is 8.00. The van der Waals surface area contributed by atoms with Crippen molar-refractivity contribution in [3.8, 4) is 0 Å². The number of fused-ring (bicyclic) bond motifs is 1. The molecular weight excluding hydrogens is 276 g/mol. The number of carbonyl (C=O) groups is 2. The highest BCUT2D eigenvalue weighted by Crippen LogP contribution is 2.36. The van der Waals surface area contributed by atoms with Gasteiger partial charge in [0, 0.05) is 5.75 Å². The molecule has 0 spiro atoms. The molecule has 0 unspecified atom stereocenters. The fourth-order valence-corrected chi connectivity index (χ4v) is 3.36. The molecule has 5 nitrogen and oxygen atoms in total. The number of ether oxygens (including phenoxy) is 1. The maximum Gasteiger partial charge on any atom is 0.355 e. The van der Waals surface area contributed by atoms with Crippen molar-refractivity contribution in [2.45, 2.75) is 18.0 Å². The summed E-state index contributed by atoms with van der Waals surface area (Å²) in [5.41, 5.74) is 6.94. The Kier molecular flexibility index (Phi) is 3.50. The van der Waals surface area contributed by atoms with Crippen LogP contribution in [0.3, 0.4) is 0 Å². The molecule has 2 aliphatic rings. The standard InChI is InChI=1S/C14H14N2O3S/c15-11-12(17)16-10(6-7-20-13(11)16)14(18)19-8-9-4-2-1-3-5-9/h1-6,11,13H,7-8,15H2/t11-,13-/m1/s1. The number of hydrogen-bond acceptors (Lipinski definition) is 5. The number of carbonyl (C=O) groups excluding carboxylic acids is 2. The molecule has 1 fully saturated rings. The van der Waals surface area contributed by atoms with Gasteiger partial charge in [-0.05, 0) is 11.6 Å². The first-order chi connectivity index (χ1) is 9.68. The second-order valence-electron chi connectivity index (χ2n) is 4.61. The van der Waals surface area contributed by atoms with Crippen molar-refractivity contribution in [2.24, 2.45) is 5.73 Å². The number of amides is 1. The molecule has 2 aliphatic heterocycles. The van der Waals surface area contributed by atoms with Gasteiger partial charge in [-0.2, -0.15) is 0 Å². The molecule has 20 heavy (non-hydrogen) atoms. The number of thioether (sulfide) groups is 1. The summed E-state index contributed by atoms with van der Waals surface area (Å²) in [5, 5.41) is -0.133. The number of β-lactam (4-membered cyclic amide) rings is 1. The fourth-order valence-electron chi connectivity index (χ4n) is 2.22. The van der Waals surface area contributed by atoms with Gasteiger partial charge in [0.25, 0.3) is 0 Å². The molecule has 2 heterocycles. The van der Waals surface area contributed by atoms with Gasteiger partial charge < -0.3 is 10.5 Å². The lowest BCUT2D eigenvalue weighted by molar-refractivity contribution is -0.151. The van der Waals surface area contributed by atoms with Crippen LogP contribution in [-0.4, -0.2) is 33.9 Å². The summed E-state index contributed by atoms with van der Waals surface area (Å²) in [6.45, 7) is 0.197. The summed E-state index contributed by atoms with van der Waals surface area (Å²) < 4.78 is 5.25. The Hall–Kier alpha value is -1.79. The van der Waals surface area contributed by atoms with Gasteiger partial charge in [-0.25, -0.2) is 4.79 Å². The Balaban J connectivity index is 1.65. The average molecular weight is 290 g/mol. The topological polar surface area (TPSA) is 72.6 Å². The Morgan fingerprint density at radius 3 is 2.90 bits per heavy atom. The zero-order chi connectivity index (χ0) is 14.1. The first kappa shape index (κ1) is 13.2. The average Bonchev–Trinajstić information content (AvgIpc) is 2.52. The van der Waals surface area contributed by atoms with Gasteiger partial charge in [0.2, 0.25) is 5.91 Å². The molecule has 0 aliphatic carbocycles. The van der Waals surface area contributed by atoms with Crippen LogP contribution < -0.4 is 5.73 Å². The molecule has 2 atom stereocenters. The molecule has 1 amide bonds. The van der Waals surface area contributed by atoms with E-state index in [0.29, 0.717) is 11.4 Å². The van der Waals surface area contributed by atoms with E-state index in [0.717, 1.165) is 5.56 Å². The Morgan fingerprint density at radius 1 is 1.40 bits per heavy atom. The lowest BCUT2D eigenvalue weighted by Gasteiger charge is -2.46. The monoisotopic (exact) mass is 290 g/mol. The molecule has 1 aromatic carbocycles. The molecular formula is C14H14N2O3S. The van der Waals surface area contributed by atoms with E-state index in [1.165, 1.54) is 4.90 Å². The summed E-state index contributed by atoms with van der Waals surface area (Å²) in [6, 6.07) is 8.92.